The molecule has 1 unspecified atom stereocenters. The minimum atomic E-state index is -0.207. The summed E-state index contributed by atoms with van der Waals surface area (Å²) in [5, 5.41) is 11.9. The number of nitriles is 1. The third-order valence-electron chi connectivity index (χ3n) is 3.53. The van der Waals surface area contributed by atoms with E-state index in [0.29, 0.717) is 12.2 Å². The molecule has 0 radical (unpaired) electrons. The van der Waals surface area contributed by atoms with Crippen molar-refractivity contribution in [1.82, 2.24) is 9.97 Å². The highest BCUT2D eigenvalue weighted by atomic mass is 16.1. The Hall–Kier alpha value is -2.61. The molecule has 100 valence electrons. The number of carbonyl (C=O) groups excluding carboxylic acids is 1. The Morgan fingerprint density at radius 1 is 1.50 bits per heavy atom. The molecule has 1 atom stereocenters. The highest BCUT2D eigenvalue weighted by molar-refractivity contribution is 5.99. The van der Waals surface area contributed by atoms with Gasteiger partial charge in [0.25, 0.3) is 0 Å². The first-order valence-corrected chi connectivity index (χ1v) is 6.59. The highest BCUT2D eigenvalue weighted by Crippen LogP contribution is 2.29. The molecule has 0 saturated carbocycles. The van der Waals surface area contributed by atoms with Gasteiger partial charge in [0.1, 0.15) is 11.7 Å². The van der Waals surface area contributed by atoms with E-state index in [1.807, 2.05) is 25.1 Å². The van der Waals surface area contributed by atoms with Crippen LogP contribution in [0.1, 0.15) is 30.7 Å². The number of aromatic nitrogens is 2. The predicted molar refractivity (Wildman–Crippen MR) is 75.0 cm³/mol. The van der Waals surface area contributed by atoms with Crippen molar-refractivity contribution in [2.75, 3.05) is 5.32 Å². The molecule has 1 aromatic heterocycles. The van der Waals surface area contributed by atoms with Gasteiger partial charge in [0.15, 0.2) is 0 Å². The van der Waals surface area contributed by atoms with Gasteiger partial charge in [-0.25, -0.2) is 4.98 Å². The van der Waals surface area contributed by atoms with E-state index >= 15 is 0 Å². The van der Waals surface area contributed by atoms with Crippen molar-refractivity contribution < 1.29 is 4.79 Å². The molecule has 20 heavy (non-hydrogen) atoms. The topological polar surface area (TPSA) is 81.6 Å². The zero-order valence-electron chi connectivity index (χ0n) is 11.1. The Labute approximate surface area is 116 Å². The van der Waals surface area contributed by atoms with Crippen molar-refractivity contribution in [3.05, 3.63) is 35.8 Å². The first-order valence-electron chi connectivity index (χ1n) is 6.59. The number of fused-ring (bicyclic) bond motifs is 1. The third-order valence-corrected chi connectivity index (χ3v) is 3.53. The van der Waals surface area contributed by atoms with Crippen molar-refractivity contribution in [1.29, 1.82) is 5.26 Å². The van der Waals surface area contributed by atoms with Gasteiger partial charge in [-0.3, -0.25) is 4.79 Å². The van der Waals surface area contributed by atoms with Crippen LogP contribution in [0.5, 0.6) is 0 Å². The summed E-state index contributed by atoms with van der Waals surface area (Å²) in [6.45, 7) is 1.96. The minimum absolute atomic E-state index is 0.0259. The predicted octanol–water partition coefficient (Wildman–Crippen LogP) is 2.59. The summed E-state index contributed by atoms with van der Waals surface area (Å²) in [6.07, 6.45) is 2.88. The number of carbonyl (C=O) groups is 1. The fraction of sp³-hybridized carbons (Fsp3) is 0.267. The lowest BCUT2D eigenvalue weighted by molar-refractivity contribution is -0.115. The second-order valence-electron chi connectivity index (χ2n) is 4.87. The summed E-state index contributed by atoms with van der Waals surface area (Å²) < 4.78 is 0. The smallest absolute Gasteiger partial charge is 0.228 e. The monoisotopic (exact) mass is 266 g/mol. The number of benzene rings is 1. The van der Waals surface area contributed by atoms with E-state index in [4.69, 9.17) is 5.26 Å². The lowest BCUT2D eigenvalue weighted by Gasteiger charge is -2.03. The van der Waals surface area contributed by atoms with Gasteiger partial charge in [0.2, 0.25) is 5.91 Å². The van der Waals surface area contributed by atoms with Gasteiger partial charge >= 0.3 is 0 Å². The number of amides is 1. The zero-order valence-corrected chi connectivity index (χ0v) is 11.1. The molecular formula is C15H14N4O. The van der Waals surface area contributed by atoms with Crippen LogP contribution in [-0.4, -0.2) is 15.9 Å². The van der Waals surface area contributed by atoms with E-state index < -0.39 is 0 Å². The number of H-pyrrole nitrogens is 1. The van der Waals surface area contributed by atoms with Gasteiger partial charge in [-0.15, -0.1) is 0 Å². The largest absolute Gasteiger partial charge is 0.341 e. The van der Waals surface area contributed by atoms with Gasteiger partial charge in [-0.1, -0.05) is 13.0 Å². The molecule has 2 heterocycles. The summed E-state index contributed by atoms with van der Waals surface area (Å²) in [5.41, 5.74) is 3.72. The number of rotatable bonds is 3. The number of aromatic amines is 1. The fourth-order valence-corrected chi connectivity index (χ4v) is 2.40. The Balaban J connectivity index is 1.93. The molecule has 3 rings (SSSR count). The minimum Gasteiger partial charge on any atom is -0.341 e. The van der Waals surface area contributed by atoms with Gasteiger partial charge in [0.05, 0.1) is 24.4 Å². The van der Waals surface area contributed by atoms with E-state index in [1.165, 1.54) is 0 Å². The van der Waals surface area contributed by atoms with Crippen LogP contribution < -0.4 is 5.32 Å². The van der Waals surface area contributed by atoms with Crippen LogP contribution in [-0.2, 0) is 11.2 Å². The molecule has 1 aromatic carbocycles. The Bertz CT molecular complexity index is 711. The molecule has 0 fully saturated rings. The molecule has 0 spiro atoms. The molecule has 2 aromatic rings. The number of hydrogen-bond acceptors (Lipinski definition) is 3. The van der Waals surface area contributed by atoms with Crippen molar-refractivity contribution in [3.8, 4) is 17.3 Å². The summed E-state index contributed by atoms with van der Waals surface area (Å²) in [5.74, 6) is 0.513. The van der Waals surface area contributed by atoms with Crippen LogP contribution in [0.4, 0.5) is 5.69 Å². The molecule has 2 N–H and O–H groups in total. The molecule has 0 saturated heterocycles. The summed E-state index contributed by atoms with van der Waals surface area (Å²) in [6, 6.07) is 8.06. The summed E-state index contributed by atoms with van der Waals surface area (Å²) in [4.78, 5) is 18.8. The lowest BCUT2D eigenvalue weighted by atomic mass is 10.1. The lowest BCUT2D eigenvalue weighted by Crippen LogP contribution is -2.03. The van der Waals surface area contributed by atoms with E-state index in [2.05, 4.69) is 21.4 Å². The van der Waals surface area contributed by atoms with Crippen LogP contribution in [0.15, 0.2) is 24.4 Å². The molecule has 5 nitrogen and oxygen atoms in total. The Morgan fingerprint density at radius 2 is 2.35 bits per heavy atom. The molecule has 5 heteroatoms. The maximum Gasteiger partial charge on any atom is 0.228 e. The maximum atomic E-state index is 11.4. The third kappa shape index (κ3) is 2.05. The Morgan fingerprint density at radius 3 is 3.10 bits per heavy atom. The second-order valence-corrected chi connectivity index (χ2v) is 4.87. The fourth-order valence-electron chi connectivity index (χ4n) is 2.40. The second kappa shape index (κ2) is 4.82. The number of nitrogens with one attached hydrogen (secondary N) is 2. The maximum absolute atomic E-state index is 11.4. The standard InChI is InChI=1S/C15H14N4O/c1-2-9(7-16)15-17-8-13(19-15)10-3-4-12-11(5-10)6-14(20)18-12/h3-5,8-9H,2,6H2,1H3,(H,17,19)(H,18,20). The van der Waals surface area contributed by atoms with Crippen molar-refractivity contribution in [3.63, 3.8) is 0 Å². The average Bonchev–Trinajstić information content (AvgIpc) is 3.05. The van der Waals surface area contributed by atoms with Gasteiger partial charge in [0, 0.05) is 5.69 Å². The van der Waals surface area contributed by atoms with Gasteiger partial charge in [-0.2, -0.15) is 5.26 Å². The molecule has 1 aliphatic heterocycles. The van der Waals surface area contributed by atoms with E-state index in [1.54, 1.807) is 6.20 Å². The molecule has 0 bridgehead atoms. The summed E-state index contributed by atoms with van der Waals surface area (Å²) >= 11 is 0. The van der Waals surface area contributed by atoms with Crippen LogP contribution in [0.3, 0.4) is 0 Å². The molecule has 1 amide bonds. The van der Waals surface area contributed by atoms with E-state index in [9.17, 15) is 4.79 Å². The average molecular weight is 266 g/mol. The van der Waals surface area contributed by atoms with Crippen LogP contribution >= 0.6 is 0 Å². The normalized spacial score (nSPS) is 14.5. The van der Waals surface area contributed by atoms with E-state index in [-0.39, 0.29) is 11.8 Å². The van der Waals surface area contributed by atoms with Gasteiger partial charge in [-0.05, 0) is 29.7 Å². The summed E-state index contributed by atoms with van der Waals surface area (Å²) in [7, 11) is 0. The quantitative estimate of drug-likeness (QED) is 0.895. The number of nitrogens with zero attached hydrogens (tertiary/aromatic N) is 2. The highest BCUT2D eigenvalue weighted by Gasteiger charge is 2.19. The Kier molecular flexibility index (Phi) is 2.99. The van der Waals surface area contributed by atoms with Crippen molar-refractivity contribution in [2.45, 2.75) is 25.7 Å². The molecular weight excluding hydrogens is 252 g/mol. The first-order chi connectivity index (χ1) is 9.71. The SMILES string of the molecule is CCC(C#N)c1ncc(-c2ccc3c(c2)CC(=O)N3)[nH]1. The van der Waals surface area contributed by atoms with Crippen LogP contribution in [0.25, 0.3) is 11.3 Å². The van der Waals surface area contributed by atoms with Crippen molar-refractivity contribution in [2.24, 2.45) is 0 Å². The van der Waals surface area contributed by atoms with Crippen molar-refractivity contribution >= 4 is 11.6 Å². The number of anilines is 1. The zero-order chi connectivity index (χ0) is 14.1. The van der Waals surface area contributed by atoms with E-state index in [0.717, 1.165) is 28.9 Å². The number of imidazole rings is 1. The molecule has 0 aliphatic carbocycles. The van der Waals surface area contributed by atoms with Crippen LogP contribution in [0.2, 0.25) is 0 Å². The first kappa shape index (κ1) is 12.4. The molecule has 1 aliphatic rings. The number of hydrogen-bond donors (Lipinski definition) is 2. The van der Waals surface area contributed by atoms with Gasteiger partial charge < -0.3 is 10.3 Å². The van der Waals surface area contributed by atoms with Crippen LogP contribution in [0, 0.1) is 11.3 Å².